The highest BCUT2D eigenvalue weighted by atomic mass is 16.5. The van der Waals surface area contributed by atoms with Crippen LogP contribution in [0.5, 0.6) is 17.2 Å². The van der Waals surface area contributed by atoms with E-state index in [2.05, 4.69) is 4.98 Å². The molecule has 0 aliphatic rings. The van der Waals surface area contributed by atoms with Crippen molar-refractivity contribution < 1.29 is 19.0 Å². The van der Waals surface area contributed by atoms with Crippen LogP contribution in [-0.2, 0) is 6.42 Å². The van der Waals surface area contributed by atoms with Crippen LogP contribution in [0.2, 0.25) is 0 Å². The fourth-order valence-electron chi connectivity index (χ4n) is 2.30. The molecule has 1 heterocycles. The smallest absolute Gasteiger partial charge is 0.203 e. The summed E-state index contributed by atoms with van der Waals surface area (Å²) < 4.78 is 16.3. The third-order valence-electron chi connectivity index (χ3n) is 3.43. The van der Waals surface area contributed by atoms with Gasteiger partial charge in [-0.3, -0.25) is 9.78 Å². The van der Waals surface area contributed by atoms with E-state index < -0.39 is 0 Å². The Bertz CT molecular complexity index is 630. The van der Waals surface area contributed by atoms with E-state index in [1.54, 1.807) is 38.7 Å². The van der Waals surface area contributed by atoms with Crippen LogP contribution in [0.4, 0.5) is 0 Å². The van der Waals surface area contributed by atoms with E-state index in [9.17, 15) is 4.79 Å². The number of Topliss-reactive ketones (excluding diaryl/α,β-unsaturated/α-hetero) is 1. The van der Waals surface area contributed by atoms with Crippen molar-refractivity contribution in [2.24, 2.45) is 0 Å². The van der Waals surface area contributed by atoms with Gasteiger partial charge in [0.2, 0.25) is 5.75 Å². The van der Waals surface area contributed by atoms with Gasteiger partial charge in [0.15, 0.2) is 17.3 Å². The van der Waals surface area contributed by atoms with Gasteiger partial charge in [0.25, 0.3) is 0 Å². The number of hydrogen-bond acceptors (Lipinski definition) is 5. The summed E-state index contributed by atoms with van der Waals surface area (Å²) in [6.07, 6.45) is 4.22. The Morgan fingerprint density at radius 1 is 1.17 bits per heavy atom. The number of carbonyl (C=O) groups is 1. The maximum atomic E-state index is 12.2. The number of methoxy groups -OCH3 is 2. The standard InChI is InChI=1S/C18H21NO4/c1-4-23-18-16(21-2)10-13(11-17(18)22-3)7-8-15(20)14-6-5-9-19-12-14/h5-6,9-12H,4,7-8H2,1-3H3. The Kier molecular flexibility index (Phi) is 5.97. The Labute approximate surface area is 136 Å². The fraction of sp³-hybridized carbons (Fsp3) is 0.333. The molecule has 0 unspecified atom stereocenters. The van der Waals surface area contributed by atoms with Crippen LogP contribution in [0.1, 0.15) is 29.3 Å². The minimum Gasteiger partial charge on any atom is -0.493 e. The van der Waals surface area contributed by atoms with Crippen molar-refractivity contribution in [3.8, 4) is 17.2 Å². The molecule has 2 rings (SSSR count). The normalized spacial score (nSPS) is 10.2. The van der Waals surface area contributed by atoms with Crippen molar-refractivity contribution in [2.45, 2.75) is 19.8 Å². The molecule has 0 fully saturated rings. The van der Waals surface area contributed by atoms with Crippen molar-refractivity contribution in [1.29, 1.82) is 0 Å². The van der Waals surface area contributed by atoms with Crippen LogP contribution in [0.25, 0.3) is 0 Å². The van der Waals surface area contributed by atoms with Gasteiger partial charge in [-0.25, -0.2) is 0 Å². The zero-order valence-corrected chi connectivity index (χ0v) is 13.7. The third-order valence-corrected chi connectivity index (χ3v) is 3.43. The topological polar surface area (TPSA) is 57.7 Å². The van der Waals surface area contributed by atoms with E-state index in [1.807, 2.05) is 19.1 Å². The van der Waals surface area contributed by atoms with Gasteiger partial charge in [-0.2, -0.15) is 0 Å². The summed E-state index contributed by atoms with van der Waals surface area (Å²) in [6.45, 7) is 2.42. The predicted molar refractivity (Wildman–Crippen MR) is 87.6 cm³/mol. The Balaban J connectivity index is 2.15. The molecule has 0 aliphatic heterocycles. The molecule has 1 aromatic heterocycles. The van der Waals surface area contributed by atoms with Crippen LogP contribution in [0, 0.1) is 0 Å². The van der Waals surface area contributed by atoms with Crippen molar-refractivity contribution in [3.63, 3.8) is 0 Å². The molecule has 0 saturated carbocycles. The second-order valence-corrected chi connectivity index (χ2v) is 4.93. The SMILES string of the molecule is CCOc1c(OC)cc(CCC(=O)c2cccnc2)cc1OC. The maximum absolute atomic E-state index is 12.2. The summed E-state index contributed by atoms with van der Waals surface area (Å²) >= 11 is 0. The van der Waals surface area contributed by atoms with Gasteiger partial charge >= 0.3 is 0 Å². The molecule has 0 amide bonds. The second kappa shape index (κ2) is 8.17. The molecule has 5 nitrogen and oxygen atoms in total. The first-order valence-electron chi connectivity index (χ1n) is 7.50. The third kappa shape index (κ3) is 4.22. The largest absolute Gasteiger partial charge is 0.493 e. The maximum Gasteiger partial charge on any atom is 0.203 e. The molecular formula is C18H21NO4. The summed E-state index contributed by atoms with van der Waals surface area (Å²) in [5.41, 5.74) is 1.58. The van der Waals surface area contributed by atoms with Crippen molar-refractivity contribution in [1.82, 2.24) is 4.98 Å². The van der Waals surface area contributed by atoms with Crippen LogP contribution < -0.4 is 14.2 Å². The molecule has 0 N–H and O–H groups in total. The number of benzene rings is 1. The number of ether oxygens (including phenoxy) is 3. The number of rotatable bonds is 8. The highest BCUT2D eigenvalue weighted by Crippen LogP contribution is 2.38. The number of nitrogens with zero attached hydrogens (tertiary/aromatic N) is 1. The summed E-state index contributed by atoms with van der Waals surface area (Å²) in [4.78, 5) is 16.1. The highest BCUT2D eigenvalue weighted by molar-refractivity contribution is 5.95. The van der Waals surface area contributed by atoms with Gasteiger partial charge in [0, 0.05) is 24.4 Å². The summed E-state index contributed by atoms with van der Waals surface area (Å²) in [5.74, 6) is 1.86. The van der Waals surface area contributed by atoms with Crippen LogP contribution in [0.3, 0.4) is 0 Å². The summed E-state index contributed by atoms with van der Waals surface area (Å²) in [5, 5.41) is 0. The van der Waals surface area contributed by atoms with E-state index in [1.165, 1.54) is 0 Å². The number of ketones is 1. The second-order valence-electron chi connectivity index (χ2n) is 4.93. The lowest BCUT2D eigenvalue weighted by Crippen LogP contribution is -2.03. The van der Waals surface area contributed by atoms with Crippen LogP contribution in [0.15, 0.2) is 36.7 Å². The Morgan fingerprint density at radius 3 is 2.39 bits per heavy atom. The number of aromatic nitrogens is 1. The average Bonchev–Trinajstić information content (AvgIpc) is 2.61. The van der Waals surface area contributed by atoms with Crippen molar-refractivity contribution >= 4 is 5.78 Å². The first-order chi connectivity index (χ1) is 11.2. The molecule has 0 atom stereocenters. The van der Waals surface area contributed by atoms with Crippen molar-refractivity contribution in [3.05, 3.63) is 47.8 Å². The molecule has 1 aromatic carbocycles. The molecule has 0 aliphatic carbocycles. The zero-order valence-electron chi connectivity index (χ0n) is 13.7. The molecule has 0 saturated heterocycles. The predicted octanol–water partition coefficient (Wildman–Crippen LogP) is 3.31. The van der Waals surface area contributed by atoms with Gasteiger partial charge in [-0.15, -0.1) is 0 Å². The number of pyridine rings is 1. The van der Waals surface area contributed by atoms with Crippen LogP contribution in [-0.4, -0.2) is 31.6 Å². The average molecular weight is 315 g/mol. The fourth-order valence-corrected chi connectivity index (χ4v) is 2.30. The summed E-state index contributed by atoms with van der Waals surface area (Å²) in [6, 6.07) is 7.29. The van der Waals surface area contributed by atoms with E-state index >= 15 is 0 Å². The van der Waals surface area contributed by atoms with E-state index in [4.69, 9.17) is 14.2 Å². The van der Waals surface area contributed by atoms with Gasteiger partial charge in [-0.05, 0) is 43.2 Å². The lowest BCUT2D eigenvalue weighted by molar-refractivity contribution is 0.0982. The zero-order chi connectivity index (χ0) is 16.7. The molecule has 5 heteroatoms. The summed E-state index contributed by atoms with van der Waals surface area (Å²) in [7, 11) is 3.17. The quantitative estimate of drug-likeness (QED) is 0.699. The first-order valence-corrected chi connectivity index (χ1v) is 7.50. The molecule has 0 bridgehead atoms. The molecule has 0 spiro atoms. The molecular weight excluding hydrogens is 294 g/mol. The monoisotopic (exact) mass is 315 g/mol. The minimum absolute atomic E-state index is 0.0601. The van der Waals surface area contributed by atoms with Crippen LogP contribution >= 0.6 is 0 Å². The first kappa shape index (κ1) is 16.8. The van der Waals surface area contributed by atoms with E-state index in [0.717, 1.165) is 5.56 Å². The van der Waals surface area contributed by atoms with Gasteiger partial charge < -0.3 is 14.2 Å². The van der Waals surface area contributed by atoms with E-state index in [0.29, 0.717) is 42.3 Å². The van der Waals surface area contributed by atoms with Gasteiger partial charge in [0.05, 0.1) is 20.8 Å². The highest BCUT2D eigenvalue weighted by Gasteiger charge is 2.15. The lowest BCUT2D eigenvalue weighted by atomic mass is 10.0. The minimum atomic E-state index is 0.0601. The van der Waals surface area contributed by atoms with Gasteiger partial charge in [0.1, 0.15) is 0 Å². The number of carbonyl (C=O) groups excluding carboxylic acids is 1. The Morgan fingerprint density at radius 2 is 1.87 bits per heavy atom. The molecule has 2 aromatic rings. The van der Waals surface area contributed by atoms with E-state index in [-0.39, 0.29) is 5.78 Å². The lowest BCUT2D eigenvalue weighted by Gasteiger charge is -2.15. The van der Waals surface area contributed by atoms with Gasteiger partial charge in [-0.1, -0.05) is 0 Å². The molecule has 0 radical (unpaired) electrons. The van der Waals surface area contributed by atoms with Crippen molar-refractivity contribution in [2.75, 3.05) is 20.8 Å². The molecule has 23 heavy (non-hydrogen) atoms. The Hall–Kier alpha value is -2.56. The number of hydrogen-bond donors (Lipinski definition) is 0. The molecule has 122 valence electrons. The number of aryl methyl sites for hydroxylation is 1.